The number of nitriles is 1. The molecule has 2 unspecified atom stereocenters. The normalized spacial score (nSPS) is 21.1. The van der Waals surface area contributed by atoms with E-state index >= 15 is 0 Å². The Hall–Kier alpha value is -4.46. The number of piperazine rings is 1. The van der Waals surface area contributed by atoms with Gasteiger partial charge in [0.15, 0.2) is 0 Å². The first-order valence-corrected chi connectivity index (χ1v) is 14.2. The first-order valence-electron chi connectivity index (χ1n) is 14.2. The van der Waals surface area contributed by atoms with Gasteiger partial charge in [0, 0.05) is 86.1 Å². The molecule has 0 bridgehead atoms. The number of nitrogens with zero attached hydrogens (tertiary/aromatic N) is 7. The van der Waals surface area contributed by atoms with Crippen molar-refractivity contribution in [3.8, 4) is 28.3 Å². The molecule has 3 fully saturated rings. The van der Waals surface area contributed by atoms with E-state index in [1.807, 2.05) is 22.0 Å². The van der Waals surface area contributed by atoms with Crippen molar-refractivity contribution in [3.63, 3.8) is 0 Å². The Morgan fingerprint density at radius 1 is 1.12 bits per heavy atom. The summed E-state index contributed by atoms with van der Waals surface area (Å²) in [4.78, 5) is 16.3. The number of hydrogen-bond acceptors (Lipinski definition) is 7. The smallest absolute Gasteiger partial charge is 0.245 e. The lowest BCUT2D eigenvalue weighted by Gasteiger charge is -2.49. The van der Waals surface area contributed by atoms with Crippen molar-refractivity contribution in [1.82, 2.24) is 29.6 Å². The summed E-state index contributed by atoms with van der Waals surface area (Å²) in [5.74, 6) is 0.426. The Kier molecular flexibility index (Phi) is 6.53. The fourth-order valence-corrected chi connectivity index (χ4v) is 6.36. The van der Waals surface area contributed by atoms with Crippen LogP contribution in [-0.4, -0.2) is 82.2 Å². The third kappa shape index (κ3) is 4.57. The Morgan fingerprint density at radius 3 is 2.73 bits per heavy atom. The summed E-state index contributed by atoms with van der Waals surface area (Å²) < 4.78 is 9.33. The van der Waals surface area contributed by atoms with Gasteiger partial charge in [0.2, 0.25) is 5.91 Å². The highest BCUT2D eigenvalue weighted by molar-refractivity contribution is 5.88. The SMILES string of the molecule is C=CC(=O)N1CC(C2CNCCN2c2ccc(-c3cc(-c4cnn(C5CCOC5)c4)cn4ncc(C#N)c34)cc2)C1. The fourth-order valence-electron chi connectivity index (χ4n) is 6.36. The van der Waals surface area contributed by atoms with Crippen LogP contribution in [0.15, 0.2) is 67.8 Å². The predicted octanol–water partition coefficient (Wildman–Crippen LogP) is 3.12. The summed E-state index contributed by atoms with van der Waals surface area (Å²) in [6.45, 7) is 9.32. The number of rotatable bonds is 6. The zero-order chi connectivity index (χ0) is 27.9. The number of pyridine rings is 1. The number of carbonyl (C=O) groups excluding carboxylic acids is 1. The molecular formula is C31H32N8O2. The molecular weight excluding hydrogens is 516 g/mol. The third-order valence-electron chi connectivity index (χ3n) is 8.68. The van der Waals surface area contributed by atoms with E-state index in [1.165, 1.54) is 6.08 Å². The summed E-state index contributed by atoms with van der Waals surface area (Å²) >= 11 is 0. The number of ether oxygens (including phenoxy) is 1. The summed E-state index contributed by atoms with van der Waals surface area (Å²) in [5, 5.41) is 22.5. The number of benzene rings is 1. The van der Waals surface area contributed by atoms with Gasteiger partial charge in [-0.3, -0.25) is 9.48 Å². The molecule has 1 amide bonds. The largest absolute Gasteiger partial charge is 0.379 e. The van der Waals surface area contributed by atoms with Gasteiger partial charge in [-0.25, -0.2) is 4.52 Å². The Balaban J connectivity index is 1.20. The summed E-state index contributed by atoms with van der Waals surface area (Å²) in [7, 11) is 0. The molecule has 4 aromatic rings. The number of aromatic nitrogens is 4. The average molecular weight is 549 g/mol. The highest BCUT2D eigenvalue weighted by atomic mass is 16.5. The van der Waals surface area contributed by atoms with Crippen molar-refractivity contribution in [1.29, 1.82) is 5.26 Å². The van der Waals surface area contributed by atoms with Gasteiger partial charge >= 0.3 is 0 Å². The molecule has 41 heavy (non-hydrogen) atoms. The number of likely N-dealkylation sites (tertiary alicyclic amines) is 1. The van der Waals surface area contributed by atoms with Crippen LogP contribution in [0.1, 0.15) is 18.0 Å². The zero-order valence-electron chi connectivity index (χ0n) is 22.8. The minimum Gasteiger partial charge on any atom is -0.379 e. The molecule has 10 heteroatoms. The fraction of sp³-hybridized carbons (Fsp3) is 0.355. The molecule has 0 spiro atoms. The van der Waals surface area contributed by atoms with Crippen molar-refractivity contribution < 1.29 is 9.53 Å². The first kappa shape index (κ1) is 25.5. The highest BCUT2D eigenvalue weighted by Gasteiger charge is 2.39. The molecule has 1 aromatic carbocycles. The van der Waals surface area contributed by atoms with Gasteiger partial charge in [0.25, 0.3) is 0 Å². The number of nitrogens with one attached hydrogen (secondary N) is 1. The molecule has 3 saturated heterocycles. The molecule has 0 saturated carbocycles. The Labute approximate surface area is 238 Å². The molecule has 6 heterocycles. The number of carbonyl (C=O) groups is 1. The van der Waals surface area contributed by atoms with E-state index in [-0.39, 0.29) is 11.9 Å². The van der Waals surface area contributed by atoms with Crippen molar-refractivity contribution in [3.05, 3.63) is 73.3 Å². The standard InChI is InChI=1S/C31H32N8O2/c1-2-30(40)36-16-25(17-36)29-15-33-8-9-37(29)26-5-3-21(4-6-26)28-11-22(18-39-31(28)23(12-32)13-35-39)24-14-34-38(19-24)27-7-10-41-20-27/h2-6,11,13-14,18-19,25,27,29,33H,1,7-10,15-17,20H2. The molecule has 3 aromatic heterocycles. The second kappa shape index (κ2) is 10.5. The molecule has 3 aliphatic rings. The molecule has 2 atom stereocenters. The lowest BCUT2D eigenvalue weighted by atomic mass is 9.88. The van der Waals surface area contributed by atoms with Crippen LogP contribution in [0.25, 0.3) is 27.8 Å². The molecule has 0 aliphatic carbocycles. The predicted molar refractivity (Wildman–Crippen MR) is 155 cm³/mol. The van der Waals surface area contributed by atoms with Crippen LogP contribution in [0, 0.1) is 17.2 Å². The number of hydrogen-bond donors (Lipinski definition) is 1. The van der Waals surface area contributed by atoms with Crippen LogP contribution in [0.4, 0.5) is 5.69 Å². The van der Waals surface area contributed by atoms with Crippen molar-refractivity contribution in [2.24, 2.45) is 5.92 Å². The van der Waals surface area contributed by atoms with E-state index in [9.17, 15) is 10.1 Å². The molecule has 3 aliphatic heterocycles. The van der Waals surface area contributed by atoms with Gasteiger partial charge in [0.05, 0.1) is 36.1 Å². The minimum absolute atomic E-state index is 0.00553. The summed E-state index contributed by atoms with van der Waals surface area (Å²) in [6, 6.07) is 13.6. The Morgan fingerprint density at radius 2 is 1.98 bits per heavy atom. The Bertz CT molecular complexity index is 1640. The molecule has 208 valence electrons. The van der Waals surface area contributed by atoms with Crippen molar-refractivity contribution in [2.75, 3.05) is 50.8 Å². The van der Waals surface area contributed by atoms with Crippen LogP contribution >= 0.6 is 0 Å². The van der Waals surface area contributed by atoms with Crippen molar-refractivity contribution >= 4 is 17.1 Å². The van der Waals surface area contributed by atoms with E-state index in [1.54, 1.807) is 10.7 Å². The van der Waals surface area contributed by atoms with E-state index in [0.29, 0.717) is 24.1 Å². The first-order chi connectivity index (χ1) is 20.1. The number of anilines is 1. The van der Waals surface area contributed by atoms with Crippen LogP contribution in [0.3, 0.4) is 0 Å². The third-order valence-corrected chi connectivity index (χ3v) is 8.68. The van der Waals surface area contributed by atoms with Crippen molar-refractivity contribution in [2.45, 2.75) is 18.5 Å². The maximum atomic E-state index is 12.0. The quantitative estimate of drug-likeness (QED) is 0.369. The molecule has 0 radical (unpaired) electrons. The van der Waals surface area contributed by atoms with Gasteiger partial charge in [-0.05, 0) is 36.3 Å². The van der Waals surface area contributed by atoms with E-state index in [0.717, 1.165) is 79.2 Å². The highest BCUT2D eigenvalue weighted by Crippen LogP contribution is 2.35. The van der Waals surface area contributed by atoms with E-state index < -0.39 is 0 Å². The number of fused-ring (bicyclic) bond motifs is 1. The maximum Gasteiger partial charge on any atom is 0.245 e. The van der Waals surface area contributed by atoms with Gasteiger partial charge in [-0.1, -0.05) is 18.7 Å². The number of amides is 1. The van der Waals surface area contributed by atoms with Gasteiger partial charge in [0.1, 0.15) is 6.07 Å². The lowest BCUT2D eigenvalue weighted by molar-refractivity contribution is -0.132. The van der Waals surface area contributed by atoms with E-state index in [4.69, 9.17) is 4.74 Å². The summed E-state index contributed by atoms with van der Waals surface area (Å²) in [6.07, 6.45) is 9.90. The van der Waals surface area contributed by atoms with Crippen LogP contribution < -0.4 is 10.2 Å². The van der Waals surface area contributed by atoms with Gasteiger partial charge in [-0.2, -0.15) is 15.5 Å². The topological polar surface area (TPSA) is 104 Å². The van der Waals surface area contributed by atoms with Gasteiger partial charge in [-0.15, -0.1) is 0 Å². The van der Waals surface area contributed by atoms with Crippen LogP contribution in [0.2, 0.25) is 0 Å². The summed E-state index contributed by atoms with van der Waals surface area (Å²) in [5.41, 5.74) is 6.46. The average Bonchev–Trinajstić information content (AvgIpc) is 3.77. The zero-order valence-corrected chi connectivity index (χ0v) is 22.8. The van der Waals surface area contributed by atoms with Crippen LogP contribution in [-0.2, 0) is 9.53 Å². The maximum absolute atomic E-state index is 12.0. The van der Waals surface area contributed by atoms with Gasteiger partial charge < -0.3 is 19.9 Å². The molecule has 7 rings (SSSR count). The lowest BCUT2D eigenvalue weighted by Crippen LogP contribution is -2.63. The minimum atomic E-state index is 0.00553. The molecule has 1 N–H and O–H groups in total. The second-order valence-corrected chi connectivity index (χ2v) is 11.1. The van der Waals surface area contributed by atoms with Crippen LogP contribution in [0.5, 0.6) is 0 Å². The monoisotopic (exact) mass is 548 g/mol. The van der Waals surface area contributed by atoms with E-state index in [2.05, 4.69) is 69.6 Å². The molecule has 10 nitrogen and oxygen atoms in total. The second-order valence-electron chi connectivity index (χ2n) is 11.1.